The summed E-state index contributed by atoms with van der Waals surface area (Å²) in [7, 11) is 1.46. The van der Waals surface area contributed by atoms with Crippen LogP contribution in [0.1, 0.15) is 31.1 Å². The van der Waals surface area contributed by atoms with Crippen LogP contribution in [0.15, 0.2) is 47.1 Å². The fourth-order valence-corrected chi connectivity index (χ4v) is 3.71. The maximum Gasteiger partial charge on any atom is 0.326 e. The Balaban J connectivity index is 1.67. The van der Waals surface area contributed by atoms with Crippen molar-refractivity contribution in [3.63, 3.8) is 0 Å². The first-order valence-corrected chi connectivity index (χ1v) is 11.0. The number of hydrogen-bond donors (Lipinski definition) is 2. The Hall–Kier alpha value is -3.85. The molecule has 0 saturated carbocycles. The van der Waals surface area contributed by atoms with Crippen molar-refractivity contribution in [1.29, 1.82) is 0 Å². The average Bonchev–Trinajstić information content (AvgIpc) is 3.46. The highest BCUT2D eigenvalue weighted by Gasteiger charge is 2.25. The average molecular weight is 483 g/mol. The number of amides is 1. The first-order valence-electron chi connectivity index (χ1n) is 10.6. The van der Waals surface area contributed by atoms with Gasteiger partial charge in [0, 0.05) is 29.8 Å². The molecule has 10 heteroatoms. The van der Waals surface area contributed by atoms with Crippen molar-refractivity contribution < 1.29 is 24.0 Å². The molecule has 34 heavy (non-hydrogen) atoms. The summed E-state index contributed by atoms with van der Waals surface area (Å²) in [5, 5.41) is 14.4. The van der Waals surface area contributed by atoms with Crippen molar-refractivity contribution in [3.05, 3.63) is 53.2 Å². The number of para-hydroxylation sites is 1. The van der Waals surface area contributed by atoms with Gasteiger partial charge in [-0.2, -0.15) is 4.98 Å². The van der Waals surface area contributed by atoms with E-state index in [-0.39, 0.29) is 12.0 Å². The summed E-state index contributed by atoms with van der Waals surface area (Å²) < 4.78 is 11.1. The maximum atomic E-state index is 12.9. The van der Waals surface area contributed by atoms with Crippen molar-refractivity contribution in [2.24, 2.45) is 0 Å². The van der Waals surface area contributed by atoms with Crippen LogP contribution in [0, 0.1) is 0 Å². The minimum Gasteiger partial charge on any atom is -0.489 e. The Morgan fingerprint density at radius 1 is 1.21 bits per heavy atom. The predicted octanol–water partition coefficient (Wildman–Crippen LogP) is 4.87. The second kappa shape index (κ2) is 9.18. The van der Waals surface area contributed by atoms with E-state index in [1.165, 1.54) is 18.9 Å². The van der Waals surface area contributed by atoms with Gasteiger partial charge in [-0.25, -0.2) is 4.79 Å². The number of aromatic amines is 1. The molecule has 2 aromatic heterocycles. The lowest BCUT2D eigenvalue weighted by molar-refractivity contribution is -0.141. The normalized spacial score (nSPS) is 12.2. The van der Waals surface area contributed by atoms with Gasteiger partial charge in [-0.15, -0.1) is 0 Å². The van der Waals surface area contributed by atoms with Gasteiger partial charge >= 0.3 is 5.97 Å². The molecule has 1 amide bonds. The number of aliphatic carboxylic acids is 1. The number of benzene rings is 2. The van der Waals surface area contributed by atoms with Crippen molar-refractivity contribution in [1.82, 2.24) is 20.0 Å². The number of carboxylic acids is 1. The lowest BCUT2D eigenvalue weighted by Crippen LogP contribution is -2.40. The zero-order chi connectivity index (χ0) is 24.6. The number of aromatic nitrogens is 3. The zero-order valence-corrected chi connectivity index (χ0v) is 19.8. The van der Waals surface area contributed by atoms with Crippen LogP contribution in [0.25, 0.3) is 33.7 Å². The number of halogens is 1. The molecule has 4 aromatic rings. The van der Waals surface area contributed by atoms with Crippen LogP contribution in [0.5, 0.6) is 5.75 Å². The van der Waals surface area contributed by atoms with E-state index in [2.05, 4.69) is 15.1 Å². The summed E-state index contributed by atoms with van der Waals surface area (Å²) >= 11 is 6.33. The molecule has 0 spiro atoms. The number of carbonyl (C=O) groups excluding carboxylic acids is 1. The molecule has 2 heterocycles. The SMILES string of the molecule is CC(C)Oc1ccc(-c2nc(-c3cccc4c(C(=O)N(C)C(C)C(=O)O)c[nH]c34)no2)cc1Cl. The number of H-pyrrole nitrogens is 1. The highest BCUT2D eigenvalue weighted by Crippen LogP contribution is 2.33. The Morgan fingerprint density at radius 3 is 2.65 bits per heavy atom. The number of ether oxygens (including phenoxy) is 1. The minimum absolute atomic E-state index is 0.0106. The smallest absolute Gasteiger partial charge is 0.326 e. The fraction of sp³-hybridized carbons (Fsp3) is 0.250. The summed E-state index contributed by atoms with van der Waals surface area (Å²) in [5.74, 6) is -0.323. The Labute approximate surface area is 200 Å². The molecule has 0 bridgehead atoms. The Morgan fingerprint density at radius 2 is 1.97 bits per heavy atom. The second-order valence-corrected chi connectivity index (χ2v) is 8.50. The molecule has 0 fully saturated rings. The lowest BCUT2D eigenvalue weighted by atomic mass is 10.1. The maximum absolute atomic E-state index is 12.9. The number of nitrogens with zero attached hydrogens (tertiary/aromatic N) is 3. The van der Waals surface area contributed by atoms with Crippen LogP contribution in [0.2, 0.25) is 5.02 Å². The van der Waals surface area contributed by atoms with E-state index >= 15 is 0 Å². The molecule has 2 N–H and O–H groups in total. The van der Waals surface area contributed by atoms with Gasteiger partial charge < -0.3 is 24.3 Å². The molecule has 0 radical (unpaired) electrons. The largest absolute Gasteiger partial charge is 0.489 e. The van der Waals surface area contributed by atoms with Crippen molar-refractivity contribution in [2.45, 2.75) is 32.9 Å². The number of fused-ring (bicyclic) bond motifs is 1. The molecule has 0 saturated heterocycles. The molecule has 2 aromatic carbocycles. The summed E-state index contributed by atoms with van der Waals surface area (Å²) in [4.78, 5) is 33.0. The van der Waals surface area contributed by atoms with E-state index in [0.29, 0.717) is 44.2 Å². The van der Waals surface area contributed by atoms with Crippen molar-refractivity contribution in [2.75, 3.05) is 7.05 Å². The van der Waals surface area contributed by atoms with E-state index in [1.807, 2.05) is 13.8 Å². The third-order valence-corrected chi connectivity index (χ3v) is 5.71. The Kier molecular flexibility index (Phi) is 6.30. The van der Waals surface area contributed by atoms with Crippen LogP contribution < -0.4 is 4.74 Å². The summed E-state index contributed by atoms with van der Waals surface area (Å²) in [6, 6.07) is 9.61. The van der Waals surface area contributed by atoms with Crippen LogP contribution in [-0.2, 0) is 4.79 Å². The summed E-state index contributed by atoms with van der Waals surface area (Å²) in [6.45, 7) is 5.29. The molecule has 0 aliphatic carbocycles. The van der Waals surface area contributed by atoms with Crippen LogP contribution in [0.3, 0.4) is 0 Å². The van der Waals surface area contributed by atoms with Gasteiger partial charge in [0.25, 0.3) is 11.8 Å². The third-order valence-electron chi connectivity index (χ3n) is 5.41. The van der Waals surface area contributed by atoms with Gasteiger partial charge in [0.2, 0.25) is 5.82 Å². The first kappa shape index (κ1) is 23.3. The minimum atomic E-state index is -1.08. The summed E-state index contributed by atoms with van der Waals surface area (Å²) in [6.07, 6.45) is 1.54. The van der Waals surface area contributed by atoms with Gasteiger partial charge in [0.15, 0.2) is 0 Å². The highest BCUT2D eigenvalue weighted by molar-refractivity contribution is 6.32. The van der Waals surface area contributed by atoms with E-state index < -0.39 is 17.9 Å². The molecular weight excluding hydrogens is 460 g/mol. The fourth-order valence-electron chi connectivity index (χ4n) is 3.48. The van der Waals surface area contributed by atoms with Crippen LogP contribution in [-0.4, -0.2) is 56.2 Å². The van der Waals surface area contributed by atoms with E-state index in [1.54, 1.807) is 42.6 Å². The summed E-state index contributed by atoms with van der Waals surface area (Å²) in [5.41, 5.74) is 2.25. The molecule has 1 unspecified atom stereocenters. The lowest BCUT2D eigenvalue weighted by Gasteiger charge is -2.21. The van der Waals surface area contributed by atoms with Gasteiger partial charge in [0.05, 0.1) is 22.2 Å². The number of carboxylic acid groups (broad SMARTS) is 1. The van der Waals surface area contributed by atoms with Crippen LogP contribution >= 0.6 is 11.6 Å². The molecule has 0 aliphatic heterocycles. The van der Waals surface area contributed by atoms with Crippen molar-refractivity contribution >= 4 is 34.4 Å². The quantitative estimate of drug-likeness (QED) is 0.385. The molecular formula is C24H23ClN4O5. The van der Waals surface area contributed by atoms with Gasteiger partial charge in [0.1, 0.15) is 11.8 Å². The van der Waals surface area contributed by atoms with Crippen LogP contribution in [0.4, 0.5) is 0 Å². The zero-order valence-electron chi connectivity index (χ0n) is 19.0. The predicted molar refractivity (Wildman–Crippen MR) is 127 cm³/mol. The first-order chi connectivity index (χ1) is 16.2. The van der Waals surface area contributed by atoms with Gasteiger partial charge in [-0.3, -0.25) is 4.79 Å². The number of nitrogens with one attached hydrogen (secondary N) is 1. The van der Waals surface area contributed by atoms with E-state index in [0.717, 1.165) is 0 Å². The molecule has 0 aliphatic rings. The number of rotatable bonds is 7. The van der Waals surface area contributed by atoms with E-state index in [4.69, 9.17) is 20.9 Å². The standard InChI is InChI=1S/C24H23ClN4O5/c1-12(2)33-19-9-8-14(10-18(19)25)22-27-21(28-34-22)16-7-5-6-15-17(11-26-20(15)16)23(30)29(4)13(3)24(31)32/h5-13,26H,1-4H3,(H,31,32). The van der Waals surface area contributed by atoms with Gasteiger partial charge in [-0.05, 0) is 45.0 Å². The number of likely N-dealkylation sites (N-methyl/N-ethyl adjacent to an activating group) is 1. The molecule has 1 atom stereocenters. The van der Waals surface area contributed by atoms with Crippen molar-refractivity contribution in [3.8, 4) is 28.6 Å². The second-order valence-electron chi connectivity index (χ2n) is 8.10. The number of hydrogen-bond acceptors (Lipinski definition) is 6. The van der Waals surface area contributed by atoms with E-state index in [9.17, 15) is 14.7 Å². The third kappa shape index (κ3) is 4.34. The Bertz CT molecular complexity index is 1380. The number of carbonyl (C=O) groups is 2. The monoisotopic (exact) mass is 482 g/mol. The van der Waals surface area contributed by atoms with Gasteiger partial charge in [-0.1, -0.05) is 28.9 Å². The topological polar surface area (TPSA) is 122 Å². The molecule has 9 nitrogen and oxygen atoms in total. The molecule has 4 rings (SSSR count). The highest BCUT2D eigenvalue weighted by atomic mass is 35.5. The molecule has 176 valence electrons.